The Morgan fingerprint density at radius 2 is 2.00 bits per heavy atom. The lowest BCUT2D eigenvalue weighted by molar-refractivity contribution is -0.114. The van der Waals surface area contributed by atoms with E-state index in [-0.39, 0.29) is 23.0 Å². The standard InChI is InChI=1S/C17H16FNO3S/c1-11(20)19-12-6-7-15(16(18)8-12)17(21)10-23-14-5-3-4-13(9-14)22-2/h3-9H,10H2,1-2H3,(H,19,20). The van der Waals surface area contributed by atoms with Gasteiger partial charge in [0.2, 0.25) is 5.91 Å². The molecule has 0 spiro atoms. The second-order valence-electron chi connectivity index (χ2n) is 4.77. The maximum atomic E-state index is 14.0. The van der Waals surface area contributed by atoms with Crippen LogP contribution in [0, 0.1) is 5.82 Å². The predicted molar refractivity (Wildman–Crippen MR) is 88.8 cm³/mol. The van der Waals surface area contributed by atoms with Gasteiger partial charge in [-0.1, -0.05) is 6.07 Å². The molecule has 0 atom stereocenters. The summed E-state index contributed by atoms with van der Waals surface area (Å²) in [5.41, 5.74) is 0.335. The van der Waals surface area contributed by atoms with Crippen molar-refractivity contribution in [2.75, 3.05) is 18.2 Å². The number of benzene rings is 2. The van der Waals surface area contributed by atoms with Crippen molar-refractivity contribution in [2.24, 2.45) is 0 Å². The summed E-state index contributed by atoms with van der Waals surface area (Å²) >= 11 is 1.31. The lowest BCUT2D eigenvalue weighted by Gasteiger charge is -2.07. The average Bonchev–Trinajstić information content (AvgIpc) is 2.52. The van der Waals surface area contributed by atoms with Gasteiger partial charge in [0.25, 0.3) is 0 Å². The first kappa shape index (κ1) is 17.0. The molecule has 6 heteroatoms. The molecule has 1 N–H and O–H groups in total. The minimum Gasteiger partial charge on any atom is -0.497 e. The van der Waals surface area contributed by atoms with Crippen LogP contribution in [0.3, 0.4) is 0 Å². The maximum Gasteiger partial charge on any atom is 0.221 e. The van der Waals surface area contributed by atoms with Crippen LogP contribution in [0.25, 0.3) is 0 Å². The number of nitrogens with one attached hydrogen (secondary N) is 1. The Kier molecular flexibility index (Phi) is 5.76. The van der Waals surface area contributed by atoms with Crippen molar-refractivity contribution >= 4 is 29.1 Å². The highest BCUT2D eigenvalue weighted by molar-refractivity contribution is 8.00. The molecule has 0 aliphatic rings. The second kappa shape index (κ2) is 7.78. The van der Waals surface area contributed by atoms with Crippen LogP contribution in [0.1, 0.15) is 17.3 Å². The van der Waals surface area contributed by atoms with Gasteiger partial charge in [-0.3, -0.25) is 9.59 Å². The highest BCUT2D eigenvalue weighted by Crippen LogP contribution is 2.24. The molecule has 0 bridgehead atoms. The third kappa shape index (κ3) is 4.82. The number of amides is 1. The van der Waals surface area contributed by atoms with Crippen LogP contribution >= 0.6 is 11.8 Å². The van der Waals surface area contributed by atoms with Gasteiger partial charge in [-0.25, -0.2) is 4.39 Å². The van der Waals surface area contributed by atoms with E-state index in [1.165, 1.54) is 30.8 Å². The third-order valence-corrected chi connectivity index (χ3v) is 3.99. The van der Waals surface area contributed by atoms with Crippen molar-refractivity contribution in [1.29, 1.82) is 0 Å². The van der Waals surface area contributed by atoms with Crippen LogP contribution in [-0.4, -0.2) is 24.6 Å². The van der Waals surface area contributed by atoms with Gasteiger partial charge in [-0.15, -0.1) is 11.8 Å². The Morgan fingerprint density at radius 1 is 1.22 bits per heavy atom. The molecule has 120 valence electrons. The Hall–Kier alpha value is -2.34. The molecule has 0 unspecified atom stereocenters. The van der Waals surface area contributed by atoms with Crippen LogP contribution in [0.5, 0.6) is 5.75 Å². The summed E-state index contributed by atoms with van der Waals surface area (Å²) in [6.07, 6.45) is 0. The molecule has 0 saturated carbocycles. The molecule has 0 fully saturated rings. The number of rotatable bonds is 6. The number of thioether (sulfide) groups is 1. The minimum atomic E-state index is -0.646. The van der Waals surface area contributed by atoms with Crippen molar-refractivity contribution in [2.45, 2.75) is 11.8 Å². The predicted octanol–water partition coefficient (Wildman–Crippen LogP) is 3.77. The number of hydrogen-bond acceptors (Lipinski definition) is 4. The summed E-state index contributed by atoms with van der Waals surface area (Å²) in [5, 5.41) is 2.47. The van der Waals surface area contributed by atoms with E-state index in [4.69, 9.17) is 4.74 Å². The van der Waals surface area contributed by atoms with Crippen LogP contribution in [0.15, 0.2) is 47.4 Å². The first-order chi connectivity index (χ1) is 11.0. The van der Waals surface area contributed by atoms with Crippen molar-refractivity contribution < 1.29 is 18.7 Å². The van der Waals surface area contributed by atoms with E-state index in [0.717, 1.165) is 11.0 Å². The third-order valence-electron chi connectivity index (χ3n) is 3.00. The molecular formula is C17H16FNO3S. The molecule has 0 heterocycles. The van der Waals surface area contributed by atoms with Gasteiger partial charge in [0.05, 0.1) is 18.4 Å². The topological polar surface area (TPSA) is 55.4 Å². The summed E-state index contributed by atoms with van der Waals surface area (Å²) in [4.78, 5) is 24.0. The number of carbonyl (C=O) groups is 2. The van der Waals surface area contributed by atoms with Gasteiger partial charge in [0.1, 0.15) is 11.6 Å². The number of carbonyl (C=O) groups excluding carboxylic acids is 2. The zero-order chi connectivity index (χ0) is 16.8. The first-order valence-electron chi connectivity index (χ1n) is 6.87. The largest absolute Gasteiger partial charge is 0.497 e. The molecule has 23 heavy (non-hydrogen) atoms. The molecule has 0 aliphatic heterocycles. The van der Waals surface area contributed by atoms with Gasteiger partial charge >= 0.3 is 0 Å². The van der Waals surface area contributed by atoms with Gasteiger partial charge < -0.3 is 10.1 Å². The summed E-state index contributed by atoms with van der Waals surface area (Å²) in [6, 6.07) is 11.3. The zero-order valence-corrected chi connectivity index (χ0v) is 13.6. The molecule has 0 saturated heterocycles. The lowest BCUT2D eigenvalue weighted by Crippen LogP contribution is -2.09. The first-order valence-corrected chi connectivity index (χ1v) is 7.85. The van der Waals surface area contributed by atoms with E-state index in [1.807, 2.05) is 24.3 Å². The number of Topliss-reactive ketones (excluding diaryl/α,β-unsaturated/α-hetero) is 1. The summed E-state index contributed by atoms with van der Waals surface area (Å²) in [5.74, 6) is -0.439. The van der Waals surface area contributed by atoms with Crippen molar-refractivity contribution in [3.05, 3.63) is 53.8 Å². The second-order valence-corrected chi connectivity index (χ2v) is 5.82. The number of ether oxygens (including phenoxy) is 1. The van der Waals surface area contributed by atoms with E-state index >= 15 is 0 Å². The normalized spacial score (nSPS) is 10.2. The van der Waals surface area contributed by atoms with Crippen LogP contribution < -0.4 is 10.1 Å². The van der Waals surface area contributed by atoms with Gasteiger partial charge in [-0.05, 0) is 36.4 Å². The summed E-state index contributed by atoms with van der Waals surface area (Å²) in [7, 11) is 1.57. The van der Waals surface area contributed by atoms with E-state index in [1.54, 1.807) is 7.11 Å². The fourth-order valence-electron chi connectivity index (χ4n) is 1.94. The highest BCUT2D eigenvalue weighted by atomic mass is 32.2. The molecule has 4 nitrogen and oxygen atoms in total. The summed E-state index contributed by atoms with van der Waals surface area (Å²) < 4.78 is 19.1. The SMILES string of the molecule is COc1cccc(SCC(=O)c2ccc(NC(C)=O)cc2F)c1. The molecular weight excluding hydrogens is 317 g/mol. The molecule has 1 amide bonds. The van der Waals surface area contributed by atoms with Gasteiger partial charge in [0.15, 0.2) is 5.78 Å². The average molecular weight is 333 g/mol. The number of ketones is 1. The molecule has 0 radical (unpaired) electrons. The number of hydrogen-bond donors (Lipinski definition) is 1. The van der Waals surface area contributed by atoms with Crippen molar-refractivity contribution in [3.8, 4) is 5.75 Å². The smallest absolute Gasteiger partial charge is 0.221 e. The van der Waals surface area contributed by atoms with Crippen LogP contribution in [0.2, 0.25) is 0 Å². The van der Waals surface area contributed by atoms with Crippen LogP contribution in [0.4, 0.5) is 10.1 Å². The fraction of sp³-hybridized carbons (Fsp3) is 0.176. The van der Waals surface area contributed by atoms with E-state index in [0.29, 0.717) is 11.4 Å². The molecule has 0 aliphatic carbocycles. The Morgan fingerprint density at radius 3 is 2.65 bits per heavy atom. The van der Waals surface area contributed by atoms with Gasteiger partial charge in [-0.2, -0.15) is 0 Å². The summed E-state index contributed by atoms with van der Waals surface area (Å²) in [6.45, 7) is 1.34. The molecule has 2 rings (SSSR count). The number of methoxy groups -OCH3 is 1. The van der Waals surface area contributed by atoms with Crippen molar-refractivity contribution in [1.82, 2.24) is 0 Å². The maximum absolute atomic E-state index is 14.0. The van der Waals surface area contributed by atoms with E-state index < -0.39 is 5.82 Å². The lowest BCUT2D eigenvalue weighted by atomic mass is 10.1. The van der Waals surface area contributed by atoms with E-state index in [2.05, 4.69) is 5.32 Å². The monoisotopic (exact) mass is 333 g/mol. The fourth-order valence-corrected chi connectivity index (χ4v) is 2.77. The zero-order valence-electron chi connectivity index (χ0n) is 12.8. The minimum absolute atomic E-state index is 0.00879. The molecule has 2 aromatic carbocycles. The van der Waals surface area contributed by atoms with Crippen LogP contribution in [-0.2, 0) is 4.79 Å². The highest BCUT2D eigenvalue weighted by Gasteiger charge is 2.13. The van der Waals surface area contributed by atoms with E-state index in [9.17, 15) is 14.0 Å². The van der Waals surface area contributed by atoms with Gasteiger partial charge in [0, 0.05) is 17.5 Å². The Labute approximate surface area is 138 Å². The number of halogens is 1. The molecule has 0 aromatic heterocycles. The van der Waals surface area contributed by atoms with Crippen molar-refractivity contribution in [3.63, 3.8) is 0 Å². The quantitative estimate of drug-likeness (QED) is 0.646. The Balaban J connectivity index is 2.04. The molecule has 2 aromatic rings. The Bertz CT molecular complexity index is 734. The number of anilines is 1.